The molecule has 1 fully saturated rings. The van der Waals surface area contributed by atoms with Gasteiger partial charge in [0.05, 0.1) is 11.8 Å². The van der Waals surface area contributed by atoms with Crippen LogP contribution in [0, 0.1) is 0 Å². The summed E-state index contributed by atoms with van der Waals surface area (Å²) in [6, 6.07) is 16.0. The first-order valence-electron chi connectivity index (χ1n) is 10.5. The first-order valence-corrected chi connectivity index (χ1v) is 10.5. The predicted molar refractivity (Wildman–Crippen MR) is 119 cm³/mol. The minimum Gasteiger partial charge on any atom is -0.459 e. The monoisotopic (exact) mass is 430 g/mol. The fourth-order valence-electron chi connectivity index (χ4n) is 3.99. The number of ether oxygens (including phenoxy) is 1. The summed E-state index contributed by atoms with van der Waals surface area (Å²) in [4.78, 5) is 24.2. The van der Waals surface area contributed by atoms with Gasteiger partial charge in [-0.2, -0.15) is 5.10 Å². The molecule has 1 atom stereocenters. The highest BCUT2D eigenvalue weighted by Crippen LogP contribution is 2.34. The smallest absolute Gasteiger partial charge is 0.291 e. The number of nitrogens with zero attached hydrogens (tertiary/aromatic N) is 2. The summed E-state index contributed by atoms with van der Waals surface area (Å²) in [5.41, 5.74) is 8.88. The third kappa shape index (κ3) is 3.76. The summed E-state index contributed by atoms with van der Waals surface area (Å²) in [5.74, 6) is -0.612. The number of furan rings is 1. The number of aromatic nitrogens is 2. The van der Waals surface area contributed by atoms with Crippen LogP contribution in [0.3, 0.4) is 0 Å². The Morgan fingerprint density at radius 1 is 1.09 bits per heavy atom. The Morgan fingerprint density at radius 2 is 2.00 bits per heavy atom. The van der Waals surface area contributed by atoms with Crippen LogP contribution in [0.2, 0.25) is 0 Å². The molecule has 0 saturated carbocycles. The van der Waals surface area contributed by atoms with Gasteiger partial charge in [-0.15, -0.1) is 0 Å². The maximum absolute atomic E-state index is 12.4. The molecule has 8 nitrogen and oxygen atoms in total. The fourth-order valence-corrected chi connectivity index (χ4v) is 3.99. The molecule has 32 heavy (non-hydrogen) atoms. The molecule has 0 radical (unpaired) electrons. The van der Waals surface area contributed by atoms with Crippen LogP contribution < -0.4 is 11.1 Å². The van der Waals surface area contributed by atoms with E-state index in [1.54, 1.807) is 30.3 Å². The van der Waals surface area contributed by atoms with Crippen LogP contribution in [0.15, 0.2) is 65.3 Å². The van der Waals surface area contributed by atoms with Crippen molar-refractivity contribution in [3.8, 4) is 11.3 Å². The first-order chi connectivity index (χ1) is 15.6. The lowest BCUT2D eigenvalue weighted by Gasteiger charge is -2.23. The average molecular weight is 430 g/mol. The molecule has 1 aliphatic heterocycles. The van der Waals surface area contributed by atoms with E-state index in [4.69, 9.17) is 20.0 Å². The van der Waals surface area contributed by atoms with Crippen LogP contribution in [0.25, 0.3) is 22.2 Å². The molecule has 4 aromatic rings. The van der Waals surface area contributed by atoms with Gasteiger partial charge in [0, 0.05) is 28.8 Å². The van der Waals surface area contributed by atoms with Gasteiger partial charge < -0.3 is 20.2 Å². The van der Waals surface area contributed by atoms with Crippen LogP contribution in [-0.4, -0.2) is 28.2 Å². The maximum Gasteiger partial charge on any atom is 0.291 e. The number of nitrogens with two attached hydrogens (primary N) is 1. The van der Waals surface area contributed by atoms with Gasteiger partial charge in [-0.25, -0.2) is 4.68 Å². The van der Waals surface area contributed by atoms with Gasteiger partial charge >= 0.3 is 0 Å². The highest BCUT2D eigenvalue weighted by atomic mass is 16.5. The number of nitrogens with one attached hydrogen (secondary N) is 1. The Bertz CT molecular complexity index is 1290. The van der Waals surface area contributed by atoms with Crippen molar-refractivity contribution in [3.63, 3.8) is 0 Å². The summed E-state index contributed by atoms with van der Waals surface area (Å²) in [6.07, 6.45) is 4.25. The number of hydrogen-bond acceptors (Lipinski definition) is 5. The molecule has 8 heteroatoms. The molecule has 0 spiro atoms. The van der Waals surface area contributed by atoms with Gasteiger partial charge in [0.25, 0.3) is 5.91 Å². The van der Waals surface area contributed by atoms with E-state index in [9.17, 15) is 9.59 Å². The Kier molecular flexibility index (Phi) is 5.20. The first kappa shape index (κ1) is 20.0. The van der Waals surface area contributed by atoms with E-state index in [1.807, 2.05) is 28.9 Å². The molecular weight excluding hydrogens is 408 g/mol. The third-order valence-corrected chi connectivity index (χ3v) is 5.56. The van der Waals surface area contributed by atoms with Gasteiger partial charge in [-0.1, -0.05) is 12.1 Å². The second-order valence-corrected chi connectivity index (χ2v) is 7.72. The van der Waals surface area contributed by atoms with Crippen molar-refractivity contribution in [1.82, 2.24) is 9.78 Å². The van der Waals surface area contributed by atoms with Crippen molar-refractivity contribution in [2.24, 2.45) is 5.73 Å². The van der Waals surface area contributed by atoms with E-state index in [-0.39, 0.29) is 17.9 Å². The molecule has 2 aromatic heterocycles. The summed E-state index contributed by atoms with van der Waals surface area (Å²) < 4.78 is 13.0. The van der Waals surface area contributed by atoms with E-state index in [2.05, 4.69) is 5.32 Å². The molecular formula is C24H22N4O4. The highest BCUT2D eigenvalue weighted by Gasteiger charge is 2.22. The highest BCUT2D eigenvalue weighted by molar-refractivity contribution is 6.04. The summed E-state index contributed by atoms with van der Waals surface area (Å²) >= 11 is 0. The lowest BCUT2D eigenvalue weighted by molar-refractivity contribution is -0.0365. The molecule has 0 aliphatic carbocycles. The standard InChI is InChI=1S/C24H22N4O4/c25-23(29)16-9-10-19-18(14-16)22(27-28(19)21-8-1-2-11-32-21)15-5-3-6-17(13-15)26-24(30)20-7-4-12-31-20/h3-7,9-10,12-14,21H,1-2,8,11H2,(H2,25,29)(H,26,30). The minimum atomic E-state index is -0.501. The van der Waals surface area contributed by atoms with Crippen molar-refractivity contribution >= 4 is 28.4 Å². The number of anilines is 1. The Morgan fingerprint density at radius 3 is 2.75 bits per heavy atom. The molecule has 1 saturated heterocycles. The summed E-state index contributed by atoms with van der Waals surface area (Å²) in [5, 5.41) is 8.49. The SMILES string of the molecule is NC(=O)c1ccc2c(c1)c(-c1cccc(NC(=O)c3ccco3)c1)nn2C1CCCCO1. The number of rotatable bonds is 5. The molecule has 0 bridgehead atoms. The maximum atomic E-state index is 12.4. The second-order valence-electron chi connectivity index (χ2n) is 7.72. The van der Waals surface area contributed by atoms with Crippen molar-refractivity contribution in [3.05, 3.63) is 72.2 Å². The van der Waals surface area contributed by atoms with Crippen LogP contribution in [0.4, 0.5) is 5.69 Å². The zero-order valence-corrected chi connectivity index (χ0v) is 17.3. The largest absolute Gasteiger partial charge is 0.459 e. The molecule has 2 aromatic carbocycles. The van der Waals surface area contributed by atoms with Gasteiger partial charge in [0.1, 0.15) is 5.69 Å². The number of carbonyl (C=O) groups excluding carboxylic acids is 2. The zero-order valence-electron chi connectivity index (χ0n) is 17.3. The van der Waals surface area contributed by atoms with E-state index >= 15 is 0 Å². The Balaban J connectivity index is 1.57. The number of carbonyl (C=O) groups is 2. The normalized spacial score (nSPS) is 16.2. The van der Waals surface area contributed by atoms with Crippen LogP contribution >= 0.6 is 0 Å². The Labute approximate surface area is 184 Å². The number of amides is 2. The van der Waals surface area contributed by atoms with E-state index < -0.39 is 5.91 Å². The lowest BCUT2D eigenvalue weighted by Crippen LogP contribution is -2.19. The number of fused-ring (bicyclic) bond motifs is 1. The number of primary amides is 1. The quantitative estimate of drug-likeness (QED) is 0.489. The molecule has 162 valence electrons. The van der Waals surface area contributed by atoms with Gasteiger partial charge in [0.15, 0.2) is 12.0 Å². The molecule has 3 N–H and O–H groups in total. The second kappa shape index (κ2) is 8.32. The number of benzene rings is 2. The van der Waals surface area contributed by atoms with Gasteiger partial charge in [-0.05, 0) is 61.7 Å². The predicted octanol–water partition coefficient (Wildman–Crippen LogP) is 4.35. The molecule has 1 aliphatic rings. The van der Waals surface area contributed by atoms with E-state index in [0.717, 1.165) is 35.7 Å². The van der Waals surface area contributed by atoms with Crippen molar-refractivity contribution < 1.29 is 18.7 Å². The van der Waals surface area contributed by atoms with E-state index in [1.165, 1.54) is 6.26 Å². The van der Waals surface area contributed by atoms with Crippen molar-refractivity contribution in [1.29, 1.82) is 0 Å². The van der Waals surface area contributed by atoms with E-state index in [0.29, 0.717) is 23.6 Å². The minimum absolute atomic E-state index is 0.165. The fraction of sp³-hybridized carbons (Fsp3) is 0.208. The van der Waals surface area contributed by atoms with Crippen LogP contribution in [0.5, 0.6) is 0 Å². The molecule has 5 rings (SSSR count). The van der Waals surface area contributed by atoms with Gasteiger partial charge in [0.2, 0.25) is 5.91 Å². The zero-order chi connectivity index (χ0) is 22.1. The summed E-state index contributed by atoms with van der Waals surface area (Å²) in [7, 11) is 0. The number of hydrogen-bond donors (Lipinski definition) is 2. The lowest BCUT2D eigenvalue weighted by atomic mass is 10.0. The molecule has 1 unspecified atom stereocenters. The van der Waals surface area contributed by atoms with Crippen LogP contribution in [0.1, 0.15) is 46.4 Å². The van der Waals surface area contributed by atoms with Crippen molar-refractivity contribution in [2.45, 2.75) is 25.5 Å². The third-order valence-electron chi connectivity index (χ3n) is 5.56. The molecule has 3 heterocycles. The average Bonchev–Trinajstić information content (AvgIpc) is 3.48. The summed E-state index contributed by atoms with van der Waals surface area (Å²) in [6.45, 7) is 0.690. The van der Waals surface area contributed by atoms with Crippen molar-refractivity contribution in [2.75, 3.05) is 11.9 Å². The topological polar surface area (TPSA) is 112 Å². The molecule has 2 amide bonds. The Hall–Kier alpha value is -3.91. The van der Waals surface area contributed by atoms with Gasteiger partial charge in [-0.3, -0.25) is 9.59 Å². The van der Waals surface area contributed by atoms with Crippen LogP contribution in [-0.2, 0) is 4.74 Å².